The van der Waals surface area contributed by atoms with Gasteiger partial charge in [0.2, 0.25) is 5.91 Å². The van der Waals surface area contributed by atoms with Gasteiger partial charge in [-0.25, -0.2) is 0 Å². The normalized spacial score (nSPS) is 14.2. The lowest BCUT2D eigenvalue weighted by Crippen LogP contribution is -2.42. The van der Waals surface area contributed by atoms with Crippen molar-refractivity contribution >= 4 is 51.3 Å². The third-order valence-corrected chi connectivity index (χ3v) is 6.91. The topological polar surface area (TPSA) is 58.6 Å². The molecule has 0 saturated carbocycles. The van der Waals surface area contributed by atoms with E-state index in [2.05, 4.69) is 21.2 Å². The molecular weight excluding hydrogens is 500 g/mol. The maximum atomic E-state index is 13.4. The molecule has 7 heteroatoms. The molecule has 4 rings (SSSR count). The molecule has 2 amide bonds. The van der Waals surface area contributed by atoms with Crippen molar-refractivity contribution in [3.05, 3.63) is 92.8 Å². The smallest absolute Gasteiger partial charge is 0.265 e. The van der Waals surface area contributed by atoms with Gasteiger partial charge in [0.1, 0.15) is 12.3 Å². The molecule has 0 saturated heterocycles. The van der Waals surface area contributed by atoms with E-state index < -0.39 is 0 Å². The van der Waals surface area contributed by atoms with Gasteiger partial charge in [-0.3, -0.25) is 14.5 Å². The first-order valence-electron chi connectivity index (χ1n) is 10.4. The summed E-state index contributed by atoms with van der Waals surface area (Å²) >= 11 is 4.90. The number of amides is 2. The summed E-state index contributed by atoms with van der Waals surface area (Å²) in [7, 11) is 1.61. The number of hydrogen-bond acceptors (Lipinski definition) is 4. The fourth-order valence-corrected chi connectivity index (χ4v) is 5.07. The number of halogens is 1. The van der Waals surface area contributed by atoms with E-state index >= 15 is 0 Å². The van der Waals surface area contributed by atoms with Crippen LogP contribution >= 0.6 is 27.7 Å². The summed E-state index contributed by atoms with van der Waals surface area (Å²) in [6.45, 7) is 2.39. The highest BCUT2D eigenvalue weighted by atomic mass is 79.9. The molecule has 0 atom stereocenters. The average molecular weight is 523 g/mol. The molecule has 0 aliphatic carbocycles. The number of nitrogens with one attached hydrogen (secondary N) is 1. The second-order valence-corrected chi connectivity index (χ2v) is 9.56. The van der Waals surface area contributed by atoms with Gasteiger partial charge < -0.3 is 10.1 Å². The van der Waals surface area contributed by atoms with Crippen LogP contribution in [0.5, 0.6) is 5.75 Å². The standard InChI is InChI=1S/C26H23BrN2O3S/c1-17-7-9-18(10-8-17)15-28-25(30)16-29-21-5-3-4-6-23(21)33-24(26(29)31)14-19-11-12-22(32-2)20(27)13-19/h3-14H,15-16H2,1-2H3,(H,28,30). The van der Waals surface area contributed by atoms with Crippen LogP contribution in [0.2, 0.25) is 0 Å². The molecule has 1 aliphatic rings. The summed E-state index contributed by atoms with van der Waals surface area (Å²) in [6, 6.07) is 21.3. The SMILES string of the molecule is COc1ccc(C=C2Sc3ccccc3N(CC(=O)NCc3ccc(C)cc3)C2=O)cc1Br. The van der Waals surface area contributed by atoms with E-state index in [1.54, 1.807) is 12.0 Å². The van der Waals surface area contributed by atoms with Crippen LogP contribution in [0.3, 0.4) is 0 Å². The number of aryl methyl sites for hydroxylation is 1. The molecule has 168 valence electrons. The molecule has 1 N–H and O–H groups in total. The first kappa shape index (κ1) is 23.1. The van der Waals surface area contributed by atoms with E-state index in [-0.39, 0.29) is 18.4 Å². The number of methoxy groups -OCH3 is 1. The third-order valence-electron chi connectivity index (χ3n) is 5.22. The second-order valence-electron chi connectivity index (χ2n) is 7.63. The first-order valence-corrected chi connectivity index (χ1v) is 12.0. The van der Waals surface area contributed by atoms with Crippen LogP contribution in [-0.2, 0) is 16.1 Å². The van der Waals surface area contributed by atoms with Gasteiger partial charge in [-0.2, -0.15) is 0 Å². The molecule has 0 unspecified atom stereocenters. The fourth-order valence-electron chi connectivity index (χ4n) is 3.45. The Labute approximate surface area is 206 Å². The number of rotatable bonds is 6. The third kappa shape index (κ3) is 5.49. The predicted molar refractivity (Wildman–Crippen MR) is 136 cm³/mol. The van der Waals surface area contributed by atoms with Gasteiger partial charge in [0.05, 0.1) is 22.2 Å². The van der Waals surface area contributed by atoms with E-state index in [0.717, 1.165) is 31.9 Å². The van der Waals surface area contributed by atoms with Crippen LogP contribution in [0.15, 0.2) is 81.0 Å². The van der Waals surface area contributed by atoms with E-state index in [1.165, 1.54) is 17.3 Å². The molecule has 3 aromatic rings. The van der Waals surface area contributed by atoms with Crippen LogP contribution in [0.25, 0.3) is 6.08 Å². The number of ether oxygens (including phenoxy) is 1. The van der Waals surface area contributed by atoms with Crippen molar-refractivity contribution in [2.45, 2.75) is 18.4 Å². The minimum atomic E-state index is -0.211. The molecule has 0 aromatic heterocycles. The number of benzene rings is 3. The Morgan fingerprint density at radius 2 is 1.88 bits per heavy atom. The number of anilines is 1. The fraction of sp³-hybridized carbons (Fsp3) is 0.154. The summed E-state index contributed by atoms with van der Waals surface area (Å²) < 4.78 is 6.09. The zero-order valence-corrected chi connectivity index (χ0v) is 20.7. The van der Waals surface area contributed by atoms with Crippen molar-refractivity contribution in [3.8, 4) is 5.75 Å². The predicted octanol–water partition coefficient (Wildman–Crippen LogP) is 5.56. The van der Waals surface area contributed by atoms with Gasteiger partial charge in [0.25, 0.3) is 5.91 Å². The van der Waals surface area contributed by atoms with Crippen molar-refractivity contribution < 1.29 is 14.3 Å². The zero-order valence-electron chi connectivity index (χ0n) is 18.3. The molecule has 1 aliphatic heterocycles. The minimum absolute atomic E-state index is 0.0497. The molecule has 5 nitrogen and oxygen atoms in total. The summed E-state index contributed by atoms with van der Waals surface area (Å²) in [5.74, 6) is 0.310. The highest BCUT2D eigenvalue weighted by Gasteiger charge is 2.30. The lowest BCUT2D eigenvalue weighted by atomic mass is 10.1. The Hall–Kier alpha value is -3.03. The van der Waals surface area contributed by atoms with Crippen molar-refractivity contribution in [2.24, 2.45) is 0 Å². The average Bonchev–Trinajstić information content (AvgIpc) is 2.81. The van der Waals surface area contributed by atoms with Crippen LogP contribution < -0.4 is 15.0 Å². The summed E-state index contributed by atoms with van der Waals surface area (Å²) in [4.78, 5) is 29.1. The molecule has 33 heavy (non-hydrogen) atoms. The number of thioether (sulfide) groups is 1. The van der Waals surface area contributed by atoms with Crippen LogP contribution in [0.1, 0.15) is 16.7 Å². The Balaban J connectivity index is 1.55. The van der Waals surface area contributed by atoms with Crippen molar-refractivity contribution in [3.63, 3.8) is 0 Å². The van der Waals surface area contributed by atoms with Crippen molar-refractivity contribution in [1.29, 1.82) is 0 Å². The van der Waals surface area contributed by atoms with Crippen molar-refractivity contribution in [1.82, 2.24) is 5.32 Å². The van der Waals surface area contributed by atoms with Gasteiger partial charge in [-0.05, 0) is 64.3 Å². The number of nitrogens with zero attached hydrogens (tertiary/aromatic N) is 1. The van der Waals surface area contributed by atoms with Crippen LogP contribution in [-0.4, -0.2) is 25.5 Å². The Morgan fingerprint density at radius 3 is 2.61 bits per heavy atom. The maximum absolute atomic E-state index is 13.4. The second kappa shape index (κ2) is 10.3. The Bertz CT molecular complexity index is 1220. The highest BCUT2D eigenvalue weighted by molar-refractivity contribution is 9.10. The number of carbonyl (C=O) groups excluding carboxylic acids is 2. The number of para-hydroxylation sites is 1. The van der Waals surface area contributed by atoms with Gasteiger partial charge in [0, 0.05) is 11.4 Å². The summed E-state index contributed by atoms with van der Waals surface area (Å²) in [5.41, 5.74) is 3.79. The lowest BCUT2D eigenvalue weighted by molar-refractivity contribution is -0.122. The monoisotopic (exact) mass is 522 g/mol. The van der Waals surface area contributed by atoms with E-state index in [0.29, 0.717) is 11.4 Å². The molecular formula is C26H23BrN2O3S. The van der Waals surface area contributed by atoms with E-state index in [9.17, 15) is 9.59 Å². The molecule has 0 spiro atoms. The van der Waals surface area contributed by atoms with Crippen molar-refractivity contribution in [2.75, 3.05) is 18.6 Å². The summed E-state index contributed by atoms with van der Waals surface area (Å²) in [6.07, 6.45) is 1.84. The van der Waals surface area contributed by atoms with Gasteiger partial charge in [0.15, 0.2) is 0 Å². The van der Waals surface area contributed by atoms with Gasteiger partial charge >= 0.3 is 0 Å². The van der Waals surface area contributed by atoms with Gasteiger partial charge in [-0.15, -0.1) is 0 Å². The lowest BCUT2D eigenvalue weighted by Gasteiger charge is -2.29. The van der Waals surface area contributed by atoms with Crippen LogP contribution in [0, 0.1) is 6.92 Å². The quantitative estimate of drug-likeness (QED) is 0.430. The number of fused-ring (bicyclic) bond motifs is 1. The summed E-state index contributed by atoms with van der Waals surface area (Å²) in [5, 5.41) is 2.92. The molecule has 0 radical (unpaired) electrons. The molecule has 1 heterocycles. The van der Waals surface area contributed by atoms with Gasteiger partial charge in [-0.1, -0.05) is 59.8 Å². The van der Waals surface area contributed by atoms with Crippen LogP contribution in [0.4, 0.5) is 5.69 Å². The highest BCUT2D eigenvalue weighted by Crippen LogP contribution is 2.42. The van der Waals surface area contributed by atoms with E-state index in [1.807, 2.05) is 79.7 Å². The first-order chi connectivity index (χ1) is 15.9. The van der Waals surface area contributed by atoms with E-state index in [4.69, 9.17) is 4.74 Å². The molecule has 0 fully saturated rings. The molecule has 3 aromatic carbocycles. The number of carbonyl (C=O) groups is 2. The number of hydrogen-bond donors (Lipinski definition) is 1. The zero-order chi connectivity index (χ0) is 23.4. The molecule has 0 bridgehead atoms. The largest absolute Gasteiger partial charge is 0.496 e. The maximum Gasteiger partial charge on any atom is 0.265 e. The Kier molecular flexibility index (Phi) is 7.20. The Morgan fingerprint density at radius 1 is 1.12 bits per heavy atom. The minimum Gasteiger partial charge on any atom is -0.496 e.